The normalized spacial score (nSPS) is 11.2. The van der Waals surface area contributed by atoms with Crippen molar-refractivity contribution >= 4 is 17.3 Å². The lowest BCUT2D eigenvalue weighted by atomic mass is 10.0. The van der Waals surface area contributed by atoms with E-state index in [1.165, 1.54) is 6.07 Å². The number of tetrazole rings is 1. The molecule has 0 atom stereocenters. The Labute approximate surface area is 225 Å². The van der Waals surface area contributed by atoms with E-state index < -0.39 is 6.43 Å². The highest BCUT2D eigenvalue weighted by Gasteiger charge is 2.18. The first kappa shape index (κ1) is 25.9. The Kier molecular flexibility index (Phi) is 7.81. The van der Waals surface area contributed by atoms with Crippen molar-refractivity contribution < 1.29 is 8.78 Å². The number of rotatable bonds is 10. The number of H-pyrrole nitrogens is 1. The maximum Gasteiger partial charge on any atom is 0.280 e. The molecule has 0 aliphatic rings. The number of hydrogen-bond acceptors (Lipinski definition) is 7. The Morgan fingerprint density at radius 2 is 1.64 bits per heavy atom. The summed E-state index contributed by atoms with van der Waals surface area (Å²) in [5.74, 6) is 1.94. The minimum atomic E-state index is -2.66. The first-order chi connectivity index (χ1) is 19.0. The van der Waals surface area contributed by atoms with Gasteiger partial charge in [-0.1, -0.05) is 74.5 Å². The summed E-state index contributed by atoms with van der Waals surface area (Å²) in [7, 11) is 0. The highest BCUT2D eigenvalue weighted by atomic mass is 19.3. The van der Waals surface area contributed by atoms with Gasteiger partial charge in [0, 0.05) is 36.0 Å². The van der Waals surface area contributed by atoms with Crippen molar-refractivity contribution in [3.8, 4) is 22.6 Å². The number of anilines is 3. The molecular weight excluding hydrogens is 498 g/mol. The van der Waals surface area contributed by atoms with E-state index in [0.717, 1.165) is 29.1 Å². The number of benzene rings is 2. The number of hydrogen-bond donors (Lipinski definition) is 2. The summed E-state index contributed by atoms with van der Waals surface area (Å²) in [6.07, 6.45) is -2.66. The maximum absolute atomic E-state index is 13.3. The summed E-state index contributed by atoms with van der Waals surface area (Å²) in [5, 5.41) is 17.6. The number of nitrogens with zero attached hydrogens (tertiary/aromatic N) is 6. The predicted octanol–water partition coefficient (Wildman–Crippen LogP) is 6.67. The zero-order valence-electron chi connectivity index (χ0n) is 21.6. The third-order valence-corrected chi connectivity index (χ3v) is 6.01. The average molecular weight is 527 g/mol. The average Bonchev–Trinajstić information content (AvgIpc) is 3.48. The van der Waals surface area contributed by atoms with Gasteiger partial charge in [0.25, 0.3) is 6.43 Å². The zero-order valence-corrected chi connectivity index (χ0v) is 21.6. The highest BCUT2D eigenvalue weighted by Crippen LogP contribution is 2.33. The van der Waals surface area contributed by atoms with Crippen LogP contribution >= 0.6 is 0 Å². The molecule has 8 nitrogen and oxygen atoms in total. The molecule has 0 aliphatic heterocycles. The van der Waals surface area contributed by atoms with Gasteiger partial charge in [-0.05, 0) is 40.1 Å². The van der Waals surface area contributed by atoms with Crippen LogP contribution in [0.15, 0.2) is 84.9 Å². The zero-order chi connectivity index (χ0) is 27.2. The molecule has 10 heteroatoms. The predicted molar refractivity (Wildman–Crippen MR) is 148 cm³/mol. The van der Waals surface area contributed by atoms with E-state index >= 15 is 0 Å². The van der Waals surface area contributed by atoms with Crippen LogP contribution in [0.2, 0.25) is 0 Å². The largest absolute Gasteiger partial charge is 0.352 e. The molecule has 0 unspecified atom stereocenters. The van der Waals surface area contributed by atoms with Crippen molar-refractivity contribution in [2.75, 3.05) is 16.8 Å². The number of alkyl halides is 2. The van der Waals surface area contributed by atoms with Crippen LogP contribution in [-0.4, -0.2) is 37.1 Å². The number of aromatic amines is 1. The molecule has 0 saturated carbocycles. The van der Waals surface area contributed by atoms with E-state index in [-0.39, 0.29) is 5.69 Å². The topological polar surface area (TPSA) is 95.5 Å². The molecule has 0 saturated heterocycles. The molecule has 0 spiro atoms. The first-order valence-corrected chi connectivity index (χ1v) is 12.6. The Morgan fingerprint density at radius 3 is 2.36 bits per heavy atom. The Bertz CT molecular complexity index is 1510. The van der Waals surface area contributed by atoms with Gasteiger partial charge in [0.05, 0.1) is 5.69 Å². The van der Waals surface area contributed by atoms with E-state index in [1.807, 2.05) is 54.6 Å². The van der Waals surface area contributed by atoms with Gasteiger partial charge in [-0.15, -0.1) is 5.10 Å². The lowest BCUT2D eigenvalue weighted by molar-refractivity contribution is 0.146. The molecule has 0 bridgehead atoms. The number of pyridine rings is 2. The third kappa shape index (κ3) is 6.40. The molecule has 198 valence electrons. The summed E-state index contributed by atoms with van der Waals surface area (Å²) in [6.45, 7) is 5.74. The van der Waals surface area contributed by atoms with Crippen molar-refractivity contribution in [1.82, 2.24) is 30.6 Å². The van der Waals surface area contributed by atoms with E-state index in [4.69, 9.17) is 4.98 Å². The SMILES string of the molecule is CC(C)CN(Cc1ccccc1)c1cc(Nc2cccc(C(F)F)n2)cc(-c2ccccc2-c2nnn[nH]2)n1. The van der Waals surface area contributed by atoms with Crippen molar-refractivity contribution in [2.45, 2.75) is 26.8 Å². The standard InChI is InChI=1S/C29H28F2N8/c1-19(2)17-39(18-20-9-4-3-5-10-20)27-16-21(32-26-14-8-13-24(33-26)28(30)31)15-25(34-27)22-11-6-7-12-23(22)29-35-37-38-36-29/h3-16,19,28H,17-18H2,1-2H3,(H,32,33,34)(H,35,36,37,38). The maximum atomic E-state index is 13.3. The summed E-state index contributed by atoms with van der Waals surface area (Å²) in [4.78, 5) is 11.4. The van der Waals surface area contributed by atoms with Crippen molar-refractivity contribution in [1.29, 1.82) is 0 Å². The second kappa shape index (κ2) is 11.8. The van der Waals surface area contributed by atoms with E-state index in [0.29, 0.717) is 35.5 Å². The van der Waals surface area contributed by atoms with Crippen LogP contribution in [0.5, 0.6) is 0 Å². The van der Waals surface area contributed by atoms with Crippen molar-refractivity contribution in [2.24, 2.45) is 5.92 Å². The third-order valence-electron chi connectivity index (χ3n) is 6.01. The van der Waals surface area contributed by atoms with Crippen LogP contribution in [0.1, 0.15) is 31.5 Å². The molecule has 5 aromatic rings. The fourth-order valence-corrected chi connectivity index (χ4v) is 4.35. The minimum absolute atomic E-state index is 0.289. The van der Waals surface area contributed by atoms with Crippen LogP contribution in [0.4, 0.5) is 26.1 Å². The second-order valence-corrected chi connectivity index (χ2v) is 9.53. The highest BCUT2D eigenvalue weighted by molar-refractivity contribution is 5.81. The van der Waals surface area contributed by atoms with Gasteiger partial charge in [0.1, 0.15) is 17.3 Å². The van der Waals surface area contributed by atoms with E-state index in [9.17, 15) is 8.78 Å². The fourth-order valence-electron chi connectivity index (χ4n) is 4.35. The van der Waals surface area contributed by atoms with E-state index in [2.05, 4.69) is 61.8 Å². The smallest absolute Gasteiger partial charge is 0.280 e. The summed E-state index contributed by atoms with van der Waals surface area (Å²) < 4.78 is 26.6. The molecule has 39 heavy (non-hydrogen) atoms. The Balaban J connectivity index is 1.62. The van der Waals surface area contributed by atoms with Gasteiger partial charge in [-0.2, -0.15) is 0 Å². The summed E-state index contributed by atoms with van der Waals surface area (Å²) >= 11 is 0. The molecule has 5 rings (SSSR count). The summed E-state index contributed by atoms with van der Waals surface area (Å²) in [6, 6.07) is 26.2. The molecular formula is C29H28F2N8. The van der Waals surface area contributed by atoms with Crippen LogP contribution < -0.4 is 10.2 Å². The minimum Gasteiger partial charge on any atom is -0.352 e. The Morgan fingerprint density at radius 1 is 0.872 bits per heavy atom. The molecule has 0 radical (unpaired) electrons. The lowest BCUT2D eigenvalue weighted by Crippen LogP contribution is -2.28. The quantitative estimate of drug-likeness (QED) is 0.210. The monoisotopic (exact) mass is 526 g/mol. The van der Waals surface area contributed by atoms with Crippen LogP contribution in [0.25, 0.3) is 22.6 Å². The molecule has 2 aromatic carbocycles. The molecule has 3 heterocycles. The molecule has 2 N–H and O–H groups in total. The Hall–Kier alpha value is -4.73. The van der Waals surface area contributed by atoms with Gasteiger partial charge >= 0.3 is 0 Å². The summed E-state index contributed by atoms with van der Waals surface area (Å²) in [5.41, 5.74) is 3.81. The fraction of sp³-hybridized carbons (Fsp3) is 0.207. The van der Waals surface area contributed by atoms with Gasteiger partial charge < -0.3 is 10.2 Å². The number of aromatic nitrogens is 6. The van der Waals surface area contributed by atoms with Gasteiger partial charge in [0.15, 0.2) is 5.82 Å². The lowest BCUT2D eigenvalue weighted by Gasteiger charge is -2.27. The second-order valence-electron chi connectivity index (χ2n) is 9.53. The number of halogens is 2. The molecule has 0 fully saturated rings. The van der Waals surface area contributed by atoms with Crippen molar-refractivity contribution in [3.63, 3.8) is 0 Å². The van der Waals surface area contributed by atoms with Crippen LogP contribution in [-0.2, 0) is 6.54 Å². The van der Waals surface area contributed by atoms with Crippen molar-refractivity contribution in [3.05, 3.63) is 96.2 Å². The van der Waals surface area contributed by atoms with Gasteiger partial charge in [0.2, 0.25) is 0 Å². The van der Waals surface area contributed by atoms with Crippen LogP contribution in [0, 0.1) is 5.92 Å². The van der Waals surface area contributed by atoms with Gasteiger partial charge in [-0.25, -0.2) is 23.8 Å². The molecule has 3 aromatic heterocycles. The number of nitrogens with one attached hydrogen (secondary N) is 2. The molecule has 0 amide bonds. The van der Waals surface area contributed by atoms with E-state index in [1.54, 1.807) is 12.1 Å². The first-order valence-electron chi connectivity index (χ1n) is 12.6. The molecule has 0 aliphatic carbocycles. The van der Waals surface area contributed by atoms with Crippen LogP contribution in [0.3, 0.4) is 0 Å². The van der Waals surface area contributed by atoms with Gasteiger partial charge in [-0.3, -0.25) is 0 Å².